The molecule has 7 nitrogen and oxygen atoms in total. The van der Waals surface area contributed by atoms with E-state index in [9.17, 15) is 4.79 Å². The predicted molar refractivity (Wildman–Crippen MR) is 126 cm³/mol. The molecule has 0 unspecified atom stereocenters. The minimum Gasteiger partial charge on any atom is -0.493 e. The lowest BCUT2D eigenvalue weighted by Crippen LogP contribution is -2.37. The molecule has 0 spiro atoms. The summed E-state index contributed by atoms with van der Waals surface area (Å²) in [5.74, 6) is 1.56. The van der Waals surface area contributed by atoms with Gasteiger partial charge in [0.25, 0.3) is 0 Å². The molecular formula is C24H34N4O3. The average molecular weight is 427 g/mol. The summed E-state index contributed by atoms with van der Waals surface area (Å²) in [6.45, 7) is 6.23. The van der Waals surface area contributed by atoms with E-state index >= 15 is 0 Å². The van der Waals surface area contributed by atoms with Crippen molar-refractivity contribution in [3.8, 4) is 5.75 Å². The first-order valence-electron chi connectivity index (χ1n) is 10.5. The maximum atomic E-state index is 11.1. The molecule has 0 aliphatic rings. The number of nitrogens with one attached hydrogen (secondary N) is 3. The number of benzene rings is 2. The van der Waals surface area contributed by atoms with Crippen LogP contribution in [0.4, 0.5) is 5.69 Å². The second kappa shape index (κ2) is 13.3. The van der Waals surface area contributed by atoms with E-state index in [-0.39, 0.29) is 5.91 Å². The van der Waals surface area contributed by atoms with Gasteiger partial charge in [0.15, 0.2) is 5.96 Å². The number of amides is 1. The molecule has 0 saturated carbocycles. The van der Waals surface area contributed by atoms with E-state index in [2.05, 4.69) is 46.1 Å². The van der Waals surface area contributed by atoms with Gasteiger partial charge in [0.2, 0.25) is 5.91 Å². The van der Waals surface area contributed by atoms with Crippen molar-refractivity contribution >= 4 is 17.6 Å². The van der Waals surface area contributed by atoms with E-state index in [1.165, 1.54) is 12.5 Å². The first kappa shape index (κ1) is 24.2. The molecule has 0 radical (unpaired) electrons. The zero-order valence-corrected chi connectivity index (χ0v) is 19.0. The number of aliphatic imine (C=N–C) groups is 1. The van der Waals surface area contributed by atoms with Gasteiger partial charge in [-0.1, -0.05) is 24.3 Å². The lowest BCUT2D eigenvalue weighted by Gasteiger charge is -2.15. The van der Waals surface area contributed by atoms with Crippen molar-refractivity contribution in [3.05, 3.63) is 59.2 Å². The summed E-state index contributed by atoms with van der Waals surface area (Å²) in [7, 11) is 3.45. The van der Waals surface area contributed by atoms with Gasteiger partial charge < -0.3 is 25.4 Å². The molecular weight excluding hydrogens is 392 g/mol. The van der Waals surface area contributed by atoms with Crippen LogP contribution in [0.5, 0.6) is 5.75 Å². The fourth-order valence-electron chi connectivity index (χ4n) is 3.01. The highest BCUT2D eigenvalue weighted by molar-refractivity contribution is 5.88. The molecule has 2 aromatic carbocycles. The Kier molecular flexibility index (Phi) is 10.4. The topological polar surface area (TPSA) is 84.0 Å². The van der Waals surface area contributed by atoms with E-state index in [0.29, 0.717) is 19.8 Å². The molecule has 0 saturated heterocycles. The number of nitrogens with zero attached hydrogens (tertiary/aromatic N) is 1. The molecule has 168 valence electrons. The number of carbonyl (C=O) groups excluding carboxylic acids is 1. The molecule has 0 aromatic heterocycles. The van der Waals surface area contributed by atoms with Crippen LogP contribution in [0.1, 0.15) is 30.0 Å². The number of ether oxygens (including phenoxy) is 2. The zero-order chi connectivity index (χ0) is 22.5. The van der Waals surface area contributed by atoms with Gasteiger partial charge in [-0.05, 0) is 42.7 Å². The van der Waals surface area contributed by atoms with Crippen molar-refractivity contribution in [1.29, 1.82) is 0 Å². The standard InChI is InChI=1S/C24H34N4O3/c1-18-6-9-21(23(16-18)31-15-5-14-30-4)17-27-24(25-3)26-13-12-20-7-10-22(11-8-20)28-19(2)29/h6-11,16H,5,12-15,17H2,1-4H3,(H,28,29)(H2,25,26,27). The number of anilines is 1. The lowest BCUT2D eigenvalue weighted by atomic mass is 10.1. The quantitative estimate of drug-likeness (QED) is 0.292. The monoisotopic (exact) mass is 426 g/mol. The molecule has 31 heavy (non-hydrogen) atoms. The highest BCUT2D eigenvalue weighted by Gasteiger charge is 2.06. The fraction of sp³-hybridized carbons (Fsp3) is 0.417. The number of aryl methyl sites for hydroxylation is 1. The largest absolute Gasteiger partial charge is 0.493 e. The van der Waals surface area contributed by atoms with E-state index in [0.717, 1.165) is 47.9 Å². The summed E-state index contributed by atoms with van der Waals surface area (Å²) in [6.07, 6.45) is 1.70. The van der Waals surface area contributed by atoms with E-state index in [1.54, 1.807) is 14.2 Å². The summed E-state index contributed by atoms with van der Waals surface area (Å²) in [4.78, 5) is 15.4. The summed E-state index contributed by atoms with van der Waals surface area (Å²) in [5, 5.41) is 9.46. The van der Waals surface area contributed by atoms with Crippen LogP contribution in [0.25, 0.3) is 0 Å². The molecule has 7 heteroatoms. The van der Waals surface area contributed by atoms with Gasteiger partial charge in [-0.25, -0.2) is 0 Å². The third-order valence-corrected chi connectivity index (χ3v) is 4.62. The molecule has 0 aliphatic carbocycles. The Morgan fingerprint density at radius 2 is 1.84 bits per heavy atom. The van der Waals surface area contributed by atoms with Crippen LogP contribution >= 0.6 is 0 Å². The minimum absolute atomic E-state index is 0.0681. The predicted octanol–water partition coefficient (Wildman–Crippen LogP) is 3.28. The van der Waals surface area contributed by atoms with Crippen LogP contribution in [0, 0.1) is 6.92 Å². The van der Waals surface area contributed by atoms with Crippen molar-refractivity contribution in [1.82, 2.24) is 10.6 Å². The van der Waals surface area contributed by atoms with Crippen LogP contribution in [0.15, 0.2) is 47.5 Å². The summed E-state index contributed by atoms with van der Waals surface area (Å²) in [6, 6.07) is 14.1. The summed E-state index contributed by atoms with van der Waals surface area (Å²) >= 11 is 0. The number of carbonyl (C=O) groups is 1. The maximum absolute atomic E-state index is 11.1. The number of hydrogen-bond donors (Lipinski definition) is 3. The van der Waals surface area contributed by atoms with Crippen molar-refractivity contribution in [2.45, 2.75) is 33.2 Å². The Labute approximate surface area is 185 Å². The Hall–Kier alpha value is -3.06. The third-order valence-electron chi connectivity index (χ3n) is 4.62. The first-order chi connectivity index (χ1) is 15.0. The van der Waals surface area contributed by atoms with Crippen molar-refractivity contribution in [2.24, 2.45) is 4.99 Å². The minimum atomic E-state index is -0.0681. The van der Waals surface area contributed by atoms with Crippen LogP contribution in [0.3, 0.4) is 0 Å². The first-order valence-corrected chi connectivity index (χ1v) is 10.5. The van der Waals surface area contributed by atoms with Gasteiger partial charge in [0.1, 0.15) is 5.75 Å². The van der Waals surface area contributed by atoms with E-state index in [4.69, 9.17) is 9.47 Å². The molecule has 0 bridgehead atoms. The molecule has 3 N–H and O–H groups in total. The molecule has 0 aliphatic heterocycles. The summed E-state index contributed by atoms with van der Waals surface area (Å²) < 4.78 is 11.0. The Morgan fingerprint density at radius 3 is 2.52 bits per heavy atom. The molecule has 1 amide bonds. The smallest absolute Gasteiger partial charge is 0.221 e. The number of methoxy groups -OCH3 is 1. The normalized spacial score (nSPS) is 11.2. The highest BCUT2D eigenvalue weighted by Crippen LogP contribution is 2.20. The highest BCUT2D eigenvalue weighted by atomic mass is 16.5. The van der Waals surface area contributed by atoms with Crippen LogP contribution in [0.2, 0.25) is 0 Å². The third kappa shape index (κ3) is 9.09. The summed E-state index contributed by atoms with van der Waals surface area (Å²) in [5.41, 5.74) is 4.24. The fourth-order valence-corrected chi connectivity index (χ4v) is 3.01. The van der Waals surface area contributed by atoms with Crippen LogP contribution in [-0.2, 0) is 22.5 Å². The van der Waals surface area contributed by atoms with E-state index in [1.807, 2.05) is 24.3 Å². The lowest BCUT2D eigenvalue weighted by molar-refractivity contribution is -0.114. The Morgan fingerprint density at radius 1 is 1.06 bits per heavy atom. The second-order valence-electron chi connectivity index (χ2n) is 7.29. The van der Waals surface area contributed by atoms with Gasteiger partial charge in [-0.15, -0.1) is 0 Å². The second-order valence-corrected chi connectivity index (χ2v) is 7.29. The van der Waals surface area contributed by atoms with Crippen molar-refractivity contribution in [2.75, 3.05) is 39.2 Å². The van der Waals surface area contributed by atoms with E-state index < -0.39 is 0 Å². The van der Waals surface area contributed by atoms with Gasteiger partial charge in [0, 0.05) is 58.4 Å². The number of hydrogen-bond acceptors (Lipinski definition) is 4. The van der Waals surface area contributed by atoms with Crippen LogP contribution < -0.4 is 20.7 Å². The molecule has 0 fully saturated rings. The molecule has 0 heterocycles. The van der Waals surface area contributed by atoms with Crippen molar-refractivity contribution < 1.29 is 14.3 Å². The maximum Gasteiger partial charge on any atom is 0.221 e. The van der Waals surface area contributed by atoms with Gasteiger partial charge in [-0.3, -0.25) is 9.79 Å². The zero-order valence-electron chi connectivity index (χ0n) is 19.0. The SMILES string of the molecule is CN=C(NCCc1ccc(NC(C)=O)cc1)NCc1ccc(C)cc1OCCCOC. The molecule has 2 rings (SSSR count). The number of rotatable bonds is 11. The Bertz CT molecular complexity index is 850. The Balaban J connectivity index is 1.82. The van der Waals surface area contributed by atoms with Gasteiger partial charge in [-0.2, -0.15) is 0 Å². The van der Waals surface area contributed by atoms with Gasteiger partial charge in [0.05, 0.1) is 6.61 Å². The van der Waals surface area contributed by atoms with Crippen molar-refractivity contribution in [3.63, 3.8) is 0 Å². The number of guanidine groups is 1. The van der Waals surface area contributed by atoms with Gasteiger partial charge >= 0.3 is 0 Å². The molecule has 2 aromatic rings. The molecule has 0 atom stereocenters. The van der Waals surface area contributed by atoms with Crippen LogP contribution in [-0.4, -0.2) is 45.8 Å². The average Bonchev–Trinajstić information content (AvgIpc) is 2.75.